The average molecular weight is 754 g/mol. The lowest BCUT2D eigenvalue weighted by atomic mass is 9.79. The third-order valence-corrected chi connectivity index (χ3v) is 12.6. The maximum atomic E-state index is 17.2. The minimum absolute atomic E-state index is 0.0341. The van der Waals surface area contributed by atoms with Crippen molar-refractivity contribution in [1.29, 1.82) is 5.26 Å². The number of hydrogen-bond donors (Lipinski definition) is 1. The van der Waals surface area contributed by atoms with E-state index in [1.807, 2.05) is 30.0 Å². The zero-order chi connectivity index (χ0) is 36.5. The fraction of sp³-hybridized carbons (Fsp3) is 0.415. The lowest BCUT2D eigenvalue weighted by molar-refractivity contribution is -0.134. The number of ether oxygens (including phenoxy) is 2. The van der Waals surface area contributed by atoms with Crippen molar-refractivity contribution in [3.05, 3.63) is 87.0 Å². The highest BCUT2D eigenvalue weighted by molar-refractivity contribution is 6.43. The van der Waals surface area contributed by atoms with E-state index in [2.05, 4.69) is 27.0 Å². The van der Waals surface area contributed by atoms with Crippen LogP contribution in [-0.4, -0.2) is 57.7 Å². The molecule has 6 heterocycles. The van der Waals surface area contributed by atoms with Crippen LogP contribution in [-0.2, 0) is 22.6 Å². The van der Waals surface area contributed by atoms with E-state index in [4.69, 9.17) is 37.7 Å². The molecule has 2 aromatic carbocycles. The molecule has 12 heteroatoms. The largest absolute Gasteiger partial charge is 0.481 e. The number of benzene rings is 2. The van der Waals surface area contributed by atoms with Crippen molar-refractivity contribution >= 4 is 50.9 Å². The highest BCUT2D eigenvalue weighted by Gasteiger charge is 2.51. The van der Waals surface area contributed by atoms with Crippen LogP contribution in [0.4, 0.5) is 4.39 Å². The number of aryl methyl sites for hydroxylation is 2. The van der Waals surface area contributed by atoms with Crippen LogP contribution in [0.15, 0.2) is 48.7 Å². The molecule has 2 saturated carbocycles. The van der Waals surface area contributed by atoms with Crippen molar-refractivity contribution in [3.63, 3.8) is 0 Å². The van der Waals surface area contributed by atoms with Gasteiger partial charge in [0.1, 0.15) is 5.52 Å². The van der Waals surface area contributed by atoms with Gasteiger partial charge in [-0.25, -0.2) is 14.4 Å². The molecule has 1 N–H and O–H groups in total. The van der Waals surface area contributed by atoms with E-state index in [1.54, 1.807) is 31.5 Å². The number of likely N-dealkylation sites (tertiary alicyclic amines) is 1. The Bertz CT molecular complexity index is 2320. The number of aromatic nitrogens is 3. The quantitative estimate of drug-likeness (QED) is 0.153. The number of pyridine rings is 2. The molecule has 2 bridgehead atoms. The van der Waals surface area contributed by atoms with Gasteiger partial charge in [0.05, 0.1) is 53.5 Å². The molecular weight excluding hydrogens is 714 g/mol. The monoisotopic (exact) mass is 752 g/mol. The molecule has 5 aliphatic rings. The summed E-state index contributed by atoms with van der Waals surface area (Å²) in [5.41, 5.74) is 5.20. The van der Waals surface area contributed by atoms with Gasteiger partial charge in [-0.3, -0.25) is 4.79 Å². The second-order valence-corrected chi connectivity index (χ2v) is 15.7. The Morgan fingerprint density at radius 2 is 1.98 bits per heavy atom. The number of nitrogens with zero attached hydrogens (tertiary/aromatic N) is 5. The van der Waals surface area contributed by atoms with Gasteiger partial charge in [-0.15, -0.1) is 0 Å². The number of rotatable bonds is 10. The van der Waals surface area contributed by atoms with Gasteiger partial charge in [0.2, 0.25) is 11.8 Å². The van der Waals surface area contributed by atoms with Crippen LogP contribution in [0.5, 0.6) is 5.88 Å². The number of carbonyl (C=O) groups excluding carboxylic acids is 1. The van der Waals surface area contributed by atoms with Gasteiger partial charge in [-0.05, 0) is 74.4 Å². The predicted molar refractivity (Wildman–Crippen MR) is 201 cm³/mol. The number of carbonyl (C=O) groups is 1. The summed E-state index contributed by atoms with van der Waals surface area (Å²) in [6.45, 7) is 3.63. The smallest absolute Gasteiger partial charge is 0.226 e. The summed E-state index contributed by atoms with van der Waals surface area (Å²) in [5.74, 6) is 0.646. The van der Waals surface area contributed by atoms with Crippen LogP contribution in [0.25, 0.3) is 32.9 Å². The van der Waals surface area contributed by atoms with Crippen molar-refractivity contribution in [2.24, 2.45) is 11.8 Å². The van der Waals surface area contributed by atoms with E-state index in [9.17, 15) is 10.1 Å². The number of halogens is 3. The molecule has 53 heavy (non-hydrogen) atoms. The first-order chi connectivity index (χ1) is 25.8. The maximum absolute atomic E-state index is 17.2. The Labute approximate surface area is 317 Å². The zero-order valence-corrected chi connectivity index (χ0v) is 31.1. The second-order valence-electron chi connectivity index (χ2n) is 14.9. The van der Waals surface area contributed by atoms with Crippen molar-refractivity contribution in [2.75, 3.05) is 20.2 Å². The topological polar surface area (TPSA) is 105 Å². The third-order valence-electron chi connectivity index (χ3n) is 11.8. The summed E-state index contributed by atoms with van der Waals surface area (Å²) in [7, 11) is 1.60. The van der Waals surface area contributed by atoms with Gasteiger partial charge in [0.25, 0.3) is 0 Å². The molecule has 1 amide bonds. The Balaban J connectivity index is 1.22. The van der Waals surface area contributed by atoms with Crippen LogP contribution in [0.3, 0.4) is 0 Å². The minimum atomic E-state index is -0.487. The van der Waals surface area contributed by atoms with Crippen LogP contribution in [0.2, 0.25) is 10.0 Å². The fourth-order valence-electron chi connectivity index (χ4n) is 9.03. The first-order valence-corrected chi connectivity index (χ1v) is 19.1. The molecule has 3 aromatic heterocycles. The van der Waals surface area contributed by atoms with Gasteiger partial charge in [-0.1, -0.05) is 35.3 Å². The van der Waals surface area contributed by atoms with Crippen molar-refractivity contribution in [1.82, 2.24) is 24.8 Å². The molecule has 272 valence electrons. The average Bonchev–Trinajstić information content (AvgIpc) is 3.45. The van der Waals surface area contributed by atoms with E-state index in [-0.39, 0.29) is 53.0 Å². The molecule has 5 aromatic rings. The summed E-state index contributed by atoms with van der Waals surface area (Å²) < 4.78 is 31.6. The Morgan fingerprint density at radius 3 is 2.72 bits per heavy atom. The first-order valence-electron chi connectivity index (χ1n) is 18.4. The summed E-state index contributed by atoms with van der Waals surface area (Å²) >= 11 is 13.1. The Morgan fingerprint density at radius 1 is 1.13 bits per heavy atom. The molecule has 5 fully saturated rings. The van der Waals surface area contributed by atoms with Gasteiger partial charge in [-0.2, -0.15) is 5.26 Å². The first kappa shape index (κ1) is 34.5. The van der Waals surface area contributed by atoms with E-state index in [1.165, 1.54) is 0 Å². The van der Waals surface area contributed by atoms with Gasteiger partial charge >= 0.3 is 0 Å². The number of amides is 1. The summed E-state index contributed by atoms with van der Waals surface area (Å²) in [6.07, 6.45) is 5.51. The molecule has 5 unspecified atom stereocenters. The second kappa shape index (κ2) is 13.5. The molecule has 2 aliphatic carbocycles. The lowest BCUT2D eigenvalue weighted by Gasteiger charge is -2.39. The predicted octanol–water partition coefficient (Wildman–Crippen LogP) is 8.27. The maximum Gasteiger partial charge on any atom is 0.226 e. The van der Waals surface area contributed by atoms with Gasteiger partial charge in [0.15, 0.2) is 5.82 Å². The molecule has 0 spiro atoms. The summed E-state index contributed by atoms with van der Waals surface area (Å²) in [4.78, 5) is 25.3. The zero-order valence-electron chi connectivity index (χ0n) is 29.5. The standard InChI is InChI=1S/C41H39Cl2FN6O3/c1-21-28-17-33(32-16-26(19-49(32)41(51)22-10-11-22)53-20-24-7-5-13-46-40(24)52-2)50(38-25-15-31(38)47-18-25)39(28)29-14-23(6-4-12-45)34(36(44)37(29)48-21)27-8-3-9-30(42)35(27)43/h3,5,7-9,13-14,17,22,25-26,31-32,38,47H,4,6,10-11,15-16,18-20H2,1-2H3. The SMILES string of the molecule is COc1ncccc1COC1CC(c2cc3c(C)nc4c(F)c(-c5cccc(Cl)c5Cl)c(CCC#N)cc4c3n2C2C3CNC2C3)N(C(=O)C2CC2)C1. The van der Waals surface area contributed by atoms with Crippen LogP contribution < -0.4 is 10.1 Å². The molecule has 5 atom stereocenters. The molecule has 3 saturated heterocycles. The molecule has 9 nitrogen and oxygen atoms in total. The van der Waals surface area contributed by atoms with Gasteiger partial charge < -0.3 is 24.3 Å². The lowest BCUT2D eigenvalue weighted by Crippen LogP contribution is -2.41. The molecular formula is C41H39Cl2FN6O3. The highest BCUT2D eigenvalue weighted by Crippen LogP contribution is 2.51. The van der Waals surface area contributed by atoms with E-state index in [0.29, 0.717) is 70.6 Å². The van der Waals surface area contributed by atoms with Crippen molar-refractivity contribution in [2.45, 2.75) is 76.3 Å². The minimum Gasteiger partial charge on any atom is -0.481 e. The van der Waals surface area contributed by atoms with Crippen LogP contribution in [0, 0.1) is 35.9 Å². The summed E-state index contributed by atoms with van der Waals surface area (Å²) in [5, 5.41) is 15.5. The number of hydrogen-bond acceptors (Lipinski definition) is 7. The van der Waals surface area contributed by atoms with Crippen LogP contribution in [0.1, 0.15) is 66.7 Å². The fourth-order valence-corrected chi connectivity index (χ4v) is 9.43. The Kier molecular flexibility index (Phi) is 8.81. The van der Waals surface area contributed by atoms with E-state index < -0.39 is 5.82 Å². The molecule has 10 rings (SSSR count). The van der Waals surface area contributed by atoms with E-state index in [0.717, 1.165) is 48.0 Å². The van der Waals surface area contributed by atoms with Crippen molar-refractivity contribution in [3.8, 4) is 23.1 Å². The summed E-state index contributed by atoms with van der Waals surface area (Å²) in [6, 6.07) is 15.6. The number of methoxy groups -OCH3 is 1. The van der Waals surface area contributed by atoms with Crippen molar-refractivity contribution < 1.29 is 18.7 Å². The normalized spacial score (nSPS) is 23.5. The van der Waals surface area contributed by atoms with Gasteiger partial charge in [0, 0.05) is 82.9 Å². The number of fused-ring (bicyclic) bond motifs is 4. The van der Waals surface area contributed by atoms with E-state index >= 15 is 4.39 Å². The highest BCUT2D eigenvalue weighted by atomic mass is 35.5. The molecule has 3 aliphatic heterocycles. The van der Waals surface area contributed by atoms with Crippen LogP contribution >= 0.6 is 23.2 Å². The number of nitriles is 1. The number of nitrogens with one attached hydrogen (secondary N) is 1. The third kappa shape index (κ3) is 5.75. The molecule has 0 radical (unpaired) electrons. The Hall–Kier alpha value is -4.27.